The minimum Gasteiger partial charge on any atom is -0.410 e. The number of imide groups is 1. The third-order valence-corrected chi connectivity index (χ3v) is 3.64. The Kier molecular flexibility index (Phi) is 4.23. The van der Waals surface area contributed by atoms with E-state index in [2.05, 4.69) is 6.58 Å². The average Bonchev–Trinajstić information content (AvgIpc) is 2.43. The van der Waals surface area contributed by atoms with Crippen molar-refractivity contribution in [2.75, 3.05) is 6.54 Å². The van der Waals surface area contributed by atoms with Crippen LogP contribution in [0.25, 0.3) is 0 Å². The molecule has 1 aliphatic heterocycles. The second-order valence-corrected chi connectivity index (χ2v) is 5.29. The first-order valence-corrected chi connectivity index (χ1v) is 6.76. The molecule has 106 valence electrons. The zero-order valence-corrected chi connectivity index (χ0v) is 11.7. The highest BCUT2D eigenvalue weighted by Crippen LogP contribution is 2.34. The molecule has 2 rings (SSSR count). The number of benzene rings is 1. The number of carbonyl (C=O) groups is 2. The van der Waals surface area contributed by atoms with Crippen LogP contribution in [0.4, 0.5) is 4.79 Å². The number of hydrogen-bond acceptors (Lipinski definition) is 3. The van der Waals surface area contributed by atoms with Gasteiger partial charge in [0.1, 0.15) is 5.75 Å². The Bertz CT molecular complexity index is 512. The molecule has 4 nitrogen and oxygen atoms in total. The Morgan fingerprint density at radius 3 is 2.80 bits per heavy atom. The molecule has 1 fully saturated rings. The van der Waals surface area contributed by atoms with Gasteiger partial charge in [0.15, 0.2) is 0 Å². The maximum Gasteiger partial charge on any atom is 0.421 e. The van der Waals surface area contributed by atoms with Crippen LogP contribution in [0.1, 0.15) is 26.2 Å². The van der Waals surface area contributed by atoms with Crippen LogP contribution < -0.4 is 4.74 Å². The fraction of sp³-hybridized carbons (Fsp3) is 0.375. The Morgan fingerprint density at radius 1 is 1.45 bits per heavy atom. The molecule has 1 atom stereocenters. The lowest BCUT2D eigenvalue weighted by Gasteiger charge is -2.37. The van der Waals surface area contributed by atoms with Gasteiger partial charge < -0.3 is 4.74 Å². The molecular formula is C16H19NO3. The van der Waals surface area contributed by atoms with Crippen molar-refractivity contribution in [3.8, 4) is 5.75 Å². The molecule has 0 spiro atoms. The lowest BCUT2D eigenvalue weighted by Crippen LogP contribution is -2.50. The summed E-state index contributed by atoms with van der Waals surface area (Å²) in [7, 11) is 0. The molecule has 4 heteroatoms. The summed E-state index contributed by atoms with van der Waals surface area (Å²) in [5, 5.41) is 0. The molecule has 1 aromatic rings. The second kappa shape index (κ2) is 5.90. The zero-order chi connectivity index (χ0) is 14.6. The number of piperidine rings is 1. The number of likely N-dealkylation sites (tertiary alicyclic amines) is 1. The lowest BCUT2D eigenvalue weighted by molar-refractivity contribution is -0.142. The molecule has 0 radical (unpaired) electrons. The smallest absolute Gasteiger partial charge is 0.410 e. The van der Waals surface area contributed by atoms with Crippen LogP contribution in [-0.2, 0) is 4.79 Å². The SMILES string of the molecule is C=CC[C@]1(C)CCCN(C(=O)Oc2ccccc2)C1=O. The van der Waals surface area contributed by atoms with Gasteiger partial charge in [-0.25, -0.2) is 9.69 Å². The molecule has 0 aromatic heterocycles. The van der Waals surface area contributed by atoms with Gasteiger partial charge >= 0.3 is 6.09 Å². The van der Waals surface area contributed by atoms with Gasteiger partial charge in [-0.2, -0.15) is 0 Å². The summed E-state index contributed by atoms with van der Waals surface area (Å²) in [6.07, 6.45) is 3.26. The topological polar surface area (TPSA) is 46.6 Å². The maximum absolute atomic E-state index is 12.4. The van der Waals surface area contributed by atoms with E-state index in [1.807, 2.05) is 13.0 Å². The van der Waals surface area contributed by atoms with Gasteiger partial charge in [0.25, 0.3) is 0 Å². The van der Waals surface area contributed by atoms with Crippen molar-refractivity contribution in [1.82, 2.24) is 4.90 Å². The van der Waals surface area contributed by atoms with Crippen LogP contribution in [0.5, 0.6) is 5.75 Å². The van der Waals surface area contributed by atoms with Crippen molar-refractivity contribution in [1.29, 1.82) is 0 Å². The van der Waals surface area contributed by atoms with Crippen molar-refractivity contribution in [2.24, 2.45) is 5.41 Å². The van der Waals surface area contributed by atoms with Crippen LogP contribution in [0.3, 0.4) is 0 Å². The van der Waals surface area contributed by atoms with Gasteiger partial charge in [0.2, 0.25) is 5.91 Å². The van der Waals surface area contributed by atoms with Crippen LogP contribution in [0.15, 0.2) is 43.0 Å². The summed E-state index contributed by atoms with van der Waals surface area (Å²) >= 11 is 0. The van der Waals surface area contributed by atoms with Gasteiger partial charge in [0.05, 0.1) is 5.41 Å². The molecule has 0 unspecified atom stereocenters. The van der Waals surface area contributed by atoms with Crippen molar-refractivity contribution in [3.63, 3.8) is 0 Å². The summed E-state index contributed by atoms with van der Waals surface area (Å²) in [4.78, 5) is 25.8. The Labute approximate surface area is 119 Å². The summed E-state index contributed by atoms with van der Waals surface area (Å²) < 4.78 is 5.24. The molecule has 1 saturated heterocycles. The molecule has 2 amide bonds. The number of amides is 2. The highest BCUT2D eigenvalue weighted by molar-refractivity contribution is 5.96. The molecule has 0 N–H and O–H groups in total. The molecule has 0 saturated carbocycles. The van der Waals surface area contributed by atoms with E-state index in [4.69, 9.17) is 4.74 Å². The van der Waals surface area contributed by atoms with Gasteiger partial charge in [-0.15, -0.1) is 6.58 Å². The first-order chi connectivity index (χ1) is 9.57. The maximum atomic E-state index is 12.4. The number of carbonyl (C=O) groups excluding carboxylic acids is 2. The summed E-state index contributed by atoms with van der Waals surface area (Å²) in [5.41, 5.74) is -0.546. The quantitative estimate of drug-likeness (QED) is 0.793. The third-order valence-electron chi connectivity index (χ3n) is 3.64. The second-order valence-electron chi connectivity index (χ2n) is 5.29. The van der Waals surface area contributed by atoms with E-state index in [1.165, 1.54) is 4.90 Å². The largest absolute Gasteiger partial charge is 0.421 e. The molecule has 1 heterocycles. The molecular weight excluding hydrogens is 254 g/mol. The van der Waals surface area contributed by atoms with Gasteiger partial charge in [-0.1, -0.05) is 31.2 Å². The van der Waals surface area contributed by atoms with E-state index in [-0.39, 0.29) is 5.91 Å². The summed E-state index contributed by atoms with van der Waals surface area (Å²) in [6.45, 7) is 5.97. The summed E-state index contributed by atoms with van der Waals surface area (Å²) in [6, 6.07) is 8.78. The standard InChI is InChI=1S/C16H19NO3/c1-3-10-16(2)11-7-12-17(14(16)18)15(19)20-13-8-5-4-6-9-13/h3-6,8-9H,1,7,10-12H2,2H3/t16-/m1/s1. The van der Waals surface area contributed by atoms with E-state index in [0.29, 0.717) is 18.7 Å². The Morgan fingerprint density at radius 2 is 2.15 bits per heavy atom. The molecule has 0 bridgehead atoms. The number of ether oxygens (including phenoxy) is 1. The van der Waals surface area contributed by atoms with Crippen molar-refractivity contribution in [2.45, 2.75) is 26.2 Å². The van der Waals surface area contributed by atoms with Gasteiger partial charge in [0, 0.05) is 6.54 Å². The predicted octanol–water partition coefficient (Wildman–Crippen LogP) is 3.39. The van der Waals surface area contributed by atoms with Crippen LogP contribution in [0.2, 0.25) is 0 Å². The average molecular weight is 273 g/mol. The van der Waals surface area contributed by atoms with Gasteiger partial charge in [-0.3, -0.25) is 4.79 Å². The van der Waals surface area contributed by atoms with E-state index in [0.717, 1.165) is 12.8 Å². The predicted molar refractivity (Wildman–Crippen MR) is 76.3 cm³/mol. The van der Waals surface area contributed by atoms with Crippen molar-refractivity contribution >= 4 is 12.0 Å². The Balaban J connectivity index is 2.09. The monoisotopic (exact) mass is 273 g/mol. The molecule has 1 aliphatic rings. The first kappa shape index (κ1) is 14.3. The third kappa shape index (κ3) is 2.90. The minimum absolute atomic E-state index is 0.176. The van der Waals surface area contributed by atoms with E-state index >= 15 is 0 Å². The fourth-order valence-electron chi connectivity index (χ4n) is 2.49. The van der Waals surface area contributed by atoms with Crippen molar-refractivity contribution in [3.05, 3.63) is 43.0 Å². The zero-order valence-electron chi connectivity index (χ0n) is 11.7. The highest BCUT2D eigenvalue weighted by atomic mass is 16.6. The molecule has 1 aromatic carbocycles. The molecule has 0 aliphatic carbocycles. The van der Waals surface area contributed by atoms with E-state index in [1.54, 1.807) is 30.3 Å². The lowest BCUT2D eigenvalue weighted by atomic mass is 9.78. The van der Waals surface area contributed by atoms with E-state index < -0.39 is 11.5 Å². The van der Waals surface area contributed by atoms with Crippen molar-refractivity contribution < 1.29 is 14.3 Å². The Hall–Kier alpha value is -2.10. The normalized spacial score (nSPS) is 22.4. The van der Waals surface area contributed by atoms with E-state index in [9.17, 15) is 9.59 Å². The minimum atomic E-state index is -0.601. The van der Waals surface area contributed by atoms with Crippen LogP contribution >= 0.6 is 0 Å². The number of nitrogens with zero attached hydrogens (tertiary/aromatic N) is 1. The number of para-hydroxylation sites is 1. The number of rotatable bonds is 3. The highest BCUT2D eigenvalue weighted by Gasteiger charge is 2.41. The molecule has 20 heavy (non-hydrogen) atoms. The number of allylic oxidation sites excluding steroid dienone is 1. The first-order valence-electron chi connectivity index (χ1n) is 6.76. The summed E-state index contributed by atoms with van der Waals surface area (Å²) in [5.74, 6) is 0.269. The number of hydrogen-bond donors (Lipinski definition) is 0. The van der Waals surface area contributed by atoms with Gasteiger partial charge in [-0.05, 0) is 31.4 Å². The van der Waals surface area contributed by atoms with Crippen LogP contribution in [0, 0.1) is 5.41 Å². The fourth-order valence-corrected chi connectivity index (χ4v) is 2.49. The van der Waals surface area contributed by atoms with Crippen LogP contribution in [-0.4, -0.2) is 23.4 Å².